The molecule has 6 nitrogen and oxygen atoms in total. The molecule has 0 aliphatic heterocycles. The fraction of sp³-hybridized carbons (Fsp3) is 0.400. The molecule has 7 heteroatoms. The molecule has 0 spiro atoms. The lowest BCUT2D eigenvalue weighted by atomic mass is 10.1. The minimum Gasteiger partial charge on any atom is -0.494 e. The van der Waals surface area contributed by atoms with Gasteiger partial charge in [0.15, 0.2) is 5.11 Å². The summed E-state index contributed by atoms with van der Waals surface area (Å²) in [6.45, 7) is 6.84. The van der Waals surface area contributed by atoms with Gasteiger partial charge in [0.05, 0.1) is 6.61 Å². The average molecular weight is 456 g/mol. The fourth-order valence-corrected chi connectivity index (χ4v) is 3.08. The smallest absolute Gasteiger partial charge is 0.257 e. The van der Waals surface area contributed by atoms with Crippen LogP contribution in [0.2, 0.25) is 0 Å². The van der Waals surface area contributed by atoms with Gasteiger partial charge in [-0.2, -0.15) is 0 Å². The molecule has 2 amide bonds. The Kier molecular flexibility index (Phi) is 10.7. The molecule has 172 valence electrons. The van der Waals surface area contributed by atoms with E-state index < -0.39 is 0 Å². The topological polar surface area (TPSA) is 79.5 Å². The van der Waals surface area contributed by atoms with E-state index in [1.807, 2.05) is 13.8 Å². The first-order valence-electron chi connectivity index (χ1n) is 11.2. The number of rotatable bonds is 11. The number of benzene rings is 2. The van der Waals surface area contributed by atoms with Crippen molar-refractivity contribution in [1.82, 2.24) is 10.6 Å². The normalized spacial score (nSPS) is 11.3. The second kappa shape index (κ2) is 13.5. The Labute approximate surface area is 196 Å². The molecule has 0 saturated heterocycles. The second-order valence-electron chi connectivity index (χ2n) is 7.70. The van der Waals surface area contributed by atoms with Crippen LogP contribution >= 0.6 is 12.2 Å². The summed E-state index contributed by atoms with van der Waals surface area (Å²) in [6, 6.07) is 14.0. The predicted molar refractivity (Wildman–Crippen MR) is 133 cm³/mol. The molecule has 0 heterocycles. The minimum absolute atomic E-state index is 0.116. The Morgan fingerprint density at radius 2 is 1.53 bits per heavy atom. The Morgan fingerprint density at radius 3 is 2.16 bits per heavy atom. The van der Waals surface area contributed by atoms with Crippen LogP contribution in [0.4, 0.5) is 5.69 Å². The van der Waals surface area contributed by atoms with Crippen molar-refractivity contribution in [3.8, 4) is 5.75 Å². The van der Waals surface area contributed by atoms with E-state index in [9.17, 15) is 9.59 Å². The third kappa shape index (κ3) is 8.67. The van der Waals surface area contributed by atoms with Crippen LogP contribution in [0, 0.1) is 0 Å². The summed E-state index contributed by atoms with van der Waals surface area (Å²) >= 11 is 5.24. The van der Waals surface area contributed by atoms with E-state index in [1.165, 1.54) is 12.8 Å². The fourth-order valence-electron chi connectivity index (χ4n) is 2.87. The predicted octanol–water partition coefficient (Wildman–Crippen LogP) is 5.30. The van der Waals surface area contributed by atoms with Crippen molar-refractivity contribution in [2.75, 3.05) is 11.9 Å². The Balaban J connectivity index is 1.81. The third-order valence-electron chi connectivity index (χ3n) is 5.01. The number of nitrogens with one attached hydrogen (secondary N) is 3. The number of carbonyl (C=O) groups is 2. The summed E-state index contributed by atoms with van der Waals surface area (Å²) < 4.78 is 5.70. The molecule has 2 aromatic carbocycles. The molecule has 1 unspecified atom stereocenters. The van der Waals surface area contributed by atoms with Crippen molar-refractivity contribution < 1.29 is 14.3 Å². The Morgan fingerprint density at radius 1 is 0.906 bits per heavy atom. The molecule has 2 aromatic rings. The molecule has 1 atom stereocenters. The first-order valence-corrected chi connectivity index (χ1v) is 11.6. The van der Waals surface area contributed by atoms with Gasteiger partial charge in [0.1, 0.15) is 5.75 Å². The molecule has 0 aromatic heterocycles. The lowest BCUT2D eigenvalue weighted by Crippen LogP contribution is -2.34. The van der Waals surface area contributed by atoms with Crippen LogP contribution in [0.5, 0.6) is 5.75 Å². The molecule has 0 aliphatic rings. The number of anilines is 1. The van der Waals surface area contributed by atoms with Crippen LogP contribution in [-0.4, -0.2) is 29.6 Å². The Hall–Kier alpha value is -2.93. The zero-order chi connectivity index (χ0) is 23.3. The summed E-state index contributed by atoms with van der Waals surface area (Å²) in [4.78, 5) is 24.6. The van der Waals surface area contributed by atoms with E-state index in [2.05, 4.69) is 22.9 Å². The number of ether oxygens (including phenoxy) is 1. The number of hydrogen-bond acceptors (Lipinski definition) is 4. The van der Waals surface area contributed by atoms with Gasteiger partial charge in [-0.25, -0.2) is 0 Å². The van der Waals surface area contributed by atoms with E-state index in [0.717, 1.165) is 25.0 Å². The maximum atomic E-state index is 12.4. The lowest BCUT2D eigenvalue weighted by Gasteiger charge is -2.13. The van der Waals surface area contributed by atoms with Crippen molar-refractivity contribution in [3.63, 3.8) is 0 Å². The molecular weight excluding hydrogens is 422 g/mol. The van der Waals surface area contributed by atoms with Crippen molar-refractivity contribution in [2.24, 2.45) is 0 Å². The summed E-state index contributed by atoms with van der Waals surface area (Å²) in [5, 5.41) is 8.73. The van der Waals surface area contributed by atoms with Gasteiger partial charge < -0.3 is 15.4 Å². The largest absolute Gasteiger partial charge is 0.494 e. The first-order chi connectivity index (χ1) is 15.4. The SMILES string of the molecule is CCCCCCOc1ccc(C(=O)NC(=S)Nc2ccc(C(=O)NC(C)CC)cc2)cc1. The van der Waals surface area contributed by atoms with E-state index in [1.54, 1.807) is 48.5 Å². The standard InChI is InChI=1S/C25H33N3O3S/c1-4-6-7-8-17-31-22-15-11-20(12-16-22)24(30)28-25(32)27-21-13-9-19(10-14-21)23(29)26-18(3)5-2/h9-16,18H,4-8,17H2,1-3H3,(H,26,29)(H2,27,28,30,32). The minimum atomic E-state index is -0.304. The van der Waals surface area contributed by atoms with Crippen LogP contribution < -0.4 is 20.7 Å². The number of carbonyl (C=O) groups excluding carboxylic acids is 2. The summed E-state index contributed by atoms with van der Waals surface area (Å²) in [5.74, 6) is 0.327. The maximum absolute atomic E-state index is 12.4. The highest BCUT2D eigenvalue weighted by atomic mass is 32.1. The first kappa shape index (κ1) is 25.3. The number of thiocarbonyl (C=S) groups is 1. The van der Waals surface area contributed by atoms with Crippen molar-refractivity contribution in [3.05, 3.63) is 59.7 Å². The van der Waals surface area contributed by atoms with Gasteiger partial charge >= 0.3 is 0 Å². The highest BCUT2D eigenvalue weighted by Crippen LogP contribution is 2.14. The molecule has 0 fully saturated rings. The highest BCUT2D eigenvalue weighted by Gasteiger charge is 2.10. The Bertz CT molecular complexity index is 882. The molecule has 0 bridgehead atoms. The van der Waals surface area contributed by atoms with Gasteiger partial charge in [-0.05, 0) is 80.5 Å². The highest BCUT2D eigenvalue weighted by molar-refractivity contribution is 7.80. The van der Waals surface area contributed by atoms with Crippen molar-refractivity contribution in [2.45, 2.75) is 58.9 Å². The van der Waals surface area contributed by atoms with Crippen LogP contribution in [0.1, 0.15) is 73.6 Å². The molecule has 0 saturated carbocycles. The number of amides is 2. The van der Waals surface area contributed by atoms with Crippen LogP contribution in [0.15, 0.2) is 48.5 Å². The number of hydrogen-bond donors (Lipinski definition) is 3. The molecule has 0 aliphatic carbocycles. The second-order valence-corrected chi connectivity index (χ2v) is 8.11. The molecule has 3 N–H and O–H groups in total. The summed E-state index contributed by atoms with van der Waals surface area (Å²) in [7, 11) is 0. The monoisotopic (exact) mass is 455 g/mol. The van der Waals surface area contributed by atoms with E-state index in [4.69, 9.17) is 17.0 Å². The molecule has 2 rings (SSSR count). The van der Waals surface area contributed by atoms with Crippen LogP contribution in [-0.2, 0) is 0 Å². The summed E-state index contributed by atoms with van der Waals surface area (Å²) in [5.41, 5.74) is 1.74. The van der Waals surface area contributed by atoms with Gasteiger partial charge in [0, 0.05) is 22.9 Å². The van der Waals surface area contributed by atoms with Crippen molar-refractivity contribution >= 4 is 34.8 Å². The van der Waals surface area contributed by atoms with Gasteiger partial charge in [-0.15, -0.1) is 0 Å². The van der Waals surface area contributed by atoms with Gasteiger partial charge in [-0.1, -0.05) is 33.1 Å². The number of unbranched alkanes of at least 4 members (excludes halogenated alkanes) is 3. The third-order valence-corrected chi connectivity index (χ3v) is 5.21. The van der Waals surface area contributed by atoms with Gasteiger partial charge in [-0.3, -0.25) is 14.9 Å². The molecular formula is C25H33N3O3S. The van der Waals surface area contributed by atoms with Gasteiger partial charge in [0.25, 0.3) is 11.8 Å². The zero-order valence-corrected chi connectivity index (χ0v) is 19.9. The van der Waals surface area contributed by atoms with E-state index in [-0.39, 0.29) is 23.0 Å². The zero-order valence-electron chi connectivity index (χ0n) is 19.1. The van der Waals surface area contributed by atoms with Crippen LogP contribution in [0.25, 0.3) is 0 Å². The van der Waals surface area contributed by atoms with Crippen molar-refractivity contribution in [1.29, 1.82) is 0 Å². The molecule has 0 radical (unpaired) electrons. The maximum Gasteiger partial charge on any atom is 0.257 e. The van der Waals surface area contributed by atoms with Gasteiger partial charge in [0.2, 0.25) is 0 Å². The molecule has 32 heavy (non-hydrogen) atoms. The quantitative estimate of drug-likeness (QED) is 0.316. The van der Waals surface area contributed by atoms with Crippen LogP contribution in [0.3, 0.4) is 0 Å². The van der Waals surface area contributed by atoms with E-state index >= 15 is 0 Å². The lowest BCUT2D eigenvalue weighted by molar-refractivity contribution is 0.0937. The summed E-state index contributed by atoms with van der Waals surface area (Å²) in [6.07, 6.45) is 5.47. The van der Waals surface area contributed by atoms with E-state index in [0.29, 0.717) is 23.4 Å². The average Bonchev–Trinajstić information content (AvgIpc) is 2.79.